The van der Waals surface area contributed by atoms with Crippen LogP contribution in [0.25, 0.3) is 0 Å². The van der Waals surface area contributed by atoms with Crippen molar-refractivity contribution in [2.75, 3.05) is 6.61 Å². The van der Waals surface area contributed by atoms with Gasteiger partial charge in [-0.05, 0) is 43.2 Å². The van der Waals surface area contributed by atoms with E-state index in [2.05, 4.69) is 21.2 Å². The van der Waals surface area contributed by atoms with Gasteiger partial charge in [-0.3, -0.25) is 4.79 Å². The molecule has 1 atom stereocenters. The molecule has 0 saturated heterocycles. The van der Waals surface area contributed by atoms with Crippen LogP contribution in [-0.2, 0) is 5.54 Å². The van der Waals surface area contributed by atoms with Crippen LogP contribution in [0.3, 0.4) is 0 Å². The van der Waals surface area contributed by atoms with Crippen molar-refractivity contribution in [1.82, 2.24) is 5.32 Å². The summed E-state index contributed by atoms with van der Waals surface area (Å²) >= 11 is 3.39. The fourth-order valence-corrected chi connectivity index (χ4v) is 2.81. The highest BCUT2D eigenvalue weighted by molar-refractivity contribution is 9.10. The highest BCUT2D eigenvalue weighted by Gasteiger charge is 2.28. The molecule has 4 heteroatoms. The number of aliphatic hydroxyl groups excluding tert-OH is 1. The Hall–Kier alpha value is -1.65. The molecule has 0 fully saturated rings. The molecule has 0 heterocycles. The molecule has 0 aliphatic rings. The van der Waals surface area contributed by atoms with Gasteiger partial charge < -0.3 is 10.4 Å². The van der Waals surface area contributed by atoms with Gasteiger partial charge in [-0.15, -0.1) is 0 Å². The van der Waals surface area contributed by atoms with Crippen molar-refractivity contribution in [2.24, 2.45) is 0 Å². The minimum atomic E-state index is -0.811. The Labute approximate surface area is 133 Å². The van der Waals surface area contributed by atoms with Gasteiger partial charge in [0, 0.05) is 10.0 Å². The van der Waals surface area contributed by atoms with E-state index in [4.69, 9.17) is 0 Å². The van der Waals surface area contributed by atoms with Crippen LogP contribution >= 0.6 is 15.9 Å². The first-order chi connectivity index (χ1) is 9.94. The smallest absolute Gasteiger partial charge is 0.252 e. The predicted octanol–water partition coefficient (Wildman–Crippen LogP) is 3.40. The highest BCUT2D eigenvalue weighted by Crippen LogP contribution is 2.22. The Balaban J connectivity index is 2.28. The van der Waals surface area contributed by atoms with Crippen molar-refractivity contribution in [2.45, 2.75) is 19.4 Å². The number of amides is 1. The lowest BCUT2D eigenvalue weighted by Crippen LogP contribution is -2.46. The molecular weight excluding hydrogens is 330 g/mol. The average molecular weight is 348 g/mol. The fraction of sp³-hybridized carbons (Fsp3) is 0.235. The maximum atomic E-state index is 12.5. The topological polar surface area (TPSA) is 49.3 Å². The van der Waals surface area contributed by atoms with E-state index in [0.717, 1.165) is 15.6 Å². The molecule has 0 bridgehead atoms. The number of rotatable bonds is 4. The second kappa shape index (κ2) is 6.41. The third-order valence-electron chi connectivity index (χ3n) is 3.42. The molecular formula is C17H18BrNO2. The van der Waals surface area contributed by atoms with Gasteiger partial charge >= 0.3 is 0 Å². The van der Waals surface area contributed by atoms with Crippen LogP contribution in [0.4, 0.5) is 0 Å². The SMILES string of the molecule is Cc1cc(Br)cc(C(=O)NC(C)(CO)c2ccccc2)c1. The van der Waals surface area contributed by atoms with Crippen LogP contribution in [0, 0.1) is 6.92 Å². The summed E-state index contributed by atoms with van der Waals surface area (Å²) in [5.41, 5.74) is 1.62. The summed E-state index contributed by atoms with van der Waals surface area (Å²) in [5.74, 6) is -0.209. The monoisotopic (exact) mass is 347 g/mol. The van der Waals surface area contributed by atoms with Crippen molar-refractivity contribution < 1.29 is 9.90 Å². The van der Waals surface area contributed by atoms with Crippen LogP contribution in [0.15, 0.2) is 53.0 Å². The lowest BCUT2D eigenvalue weighted by Gasteiger charge is -2.29. The van der Waals surface area contributed by atoms with Gasteiger partial charge in [0.2, 0.25) is 0 Å². The fourth-order valence-electron chi connectivity index (χ4n) is 2.20. The third kappa shape index (κ3) is 3.71. The zero-order valence-electron chi connectivity index (χ0n) is 12.1. The molecule has 0 spiro atoms. The number of carbonyl (C=O) groups excluding carboxylic acids is 1. The van der Waals surface area contributed by atoms with Crippen molar-refractivity contribution >= 4 is 21.8 Å². The van der Waals surface area contributed by atoms with Gasteiger partial charge in [0.1, 0.15) is 0 Å². The van der Waals surface area contributed by atoms with Gasteiger partial charge in [0.05, 0.1) is 12.1 Å². The first-order valence-electron chi connectivity index (χ1n) is 6.71. The highest BCUT2D eigenvalue weighted by atomic mass is 79.9. The number of aryl methyl sites for hydroxylation is 1. The summed E-state index contributed by atoms with van der Waals surface area (Å²) in [4.78, 5) is 12.5. The number of nitrogens with one attached hydrogen (secondary N) is 1. The van der Waals surface area contributed by atoms with E-state index < -0.39 is 5.54 Å². The number of benzene rings is 2. The lowest BCUT2D eigenvalue weighted by atomic mass is 9.92. The van der Waals surface area contributed by atoms with Crippen LogP contribution in [-0.4, -0.2) is 17.6 Å². The Morgan fingerprint density at radius 2 is 1.90 bits per heavy atom. The molecule has 0 radical (unpaired) electrons. The zero-order valence-corrected chi connectivity index (χ0v) is 13.6. The summed E-state index contributed by atoms with van der Waals surface area (Å²) in [6.07, 6.45) is 0. The minimum absolute atomic E-state index is 0.171. The molecule has 110 valence electrons. The second-order valence-electron chi connectivity index (χ2n) is 5.33. The maximum Gasteiger partial charge on any atom is 0.252 e. The molecule has 0 aliphatic carbocycles. The molecule has 1 amide bonds. The molecule has 0 aromatic heterocycles. The second-order valence-corrected chi connectivity index (χ2v) is 6.24. The summed E-state index contributed by atoms with van der Waals surface area (Å²) in [5, 5.41) is 12.6. The third-order valence-corrected chi connectivity index (χ3v) is 3.88. The molecule has 2 aromatic rings. The molecule has 2 N–H and O–H groups in total. The van der Waals surface area contributed by atoms with Gasteiger partial charge in [0.25, 0.3) is 5.91 Å². The first kappa shape index (κ1) is 15.7. The Bertz CT molecular complexity index is 622. The molecule has 2 rings (SSSR count). The number of hydrogen-bond acceptors (Lipinski definition) is 2. The minimum Gasteiger partial charge on any atom is -0.394 e. The summed E-state index contributed by atoms with van der Waals surface area (Å²) in [6, 6.07) is 15.0. The Morgan fingerprint density at radius 3 is 2.48 bits per heavy atom. The van der Waals surface area contributed by atoms with Gasteiger partial charge in [-0.2, -0.15) is 0 Å². The molecule has 21 heavy (non-hydrogen) atoms. The van der Waals surface area contributed by atoms with Crippen LogP contribution < -0.4 is 5.32 Å². The molecule has 0 aliphatic heterocycles. The van der Waals surface area contributed by atoms with Crippen LogP contribution in [0.5, 0.6) is 0 Å². The average Bonchev–Trinajstić information content (AvgIpc) is 2.47. The molecule has 2 aromatic carbocycles. The maximum absolute atomic E-state index is 12.5. The number of halogens is 1. The quantitative estimate of drug-likeness (QED) is 0.890. The van der Waals surface area contributed by atoms with Crippen LogP contribution in [0.2, 0.25) is 0 Å². The Kier molecular flexibility index (Phi) is 4.80. The number of aliphatic hydroxyl groups is 1. The van der Waals surface area contributed by atoms with E-state index in [1.165, 1.54) is 0 Å². The van der Waals surface area contributed by atoms with E-state index in [-0.39, 0.29) is 12.5 Å². The zero-order chi connectivity index (χ0) is 15.5. The van der Waals surface area contributed by atoms with Crippen molar-refractivity contribution in [1.29, 1.82) is 0 Å². The first-order valence-corrected chi connectivity index (χ1v) is 7.50. The van der Waals surface area contributed by atoms with E-state index in [1.54, 1.807) is 6.07 Å². The van der Waals surface area contributed by atoms with Gasteiger partial charge in [0.15, 0.2) is 0 Å². The lowest BCUT2D eigenvalue weighted by molar-refractivity contribution is 0.0849. The van der Waals surface area contributed by atoms with Gasteiger partial charge in [-0.1, -0.05) is 46.3 Å². The molecule has 3 nitrogen and oxygen atoms in total. The van der Waals surface area contributed by atoms with Gasteiger partial charge in [-0.25, -0.2) is 0 Å². The van der Waals surface area contributed by atoms with Crippen LogP contribution in [0.1, 0.15) is 28.4 Å². The van der Waals surface area contributed by atoms with Crippen molar-refractivity contribution in [3.63, 3.8) is 0 Å². The molecule has 0 saturated carbocycles. The van der Waals surface area contributed by atoms with Crippen molar-refractivity contribution in [3.8, 4) is 0 Å². The van der Waals surface area contributed by atoms with Crippen molar-refractivity contribution in [3.05, 3.63) is 69.7 Å². The van der Waals surface area contributed by atoms with E-state index in [1.807, 2.05) is 56.3 Å². The normalized spacial score (nSPS) is 13.5. The van der Waals surface area contributed by atoms with E-state index >= 15 is 0 Å². The Morgan fingerprint density at radius 1 is 1.24 bits per heavy atom. The summed E-state index contributed by atoms with van der Waals surface area (Å²) in [6.45, 7) is 3.57. The van der Waals surface area contributed by atoms with E-state index in [9.17, 15) is 9.90 Å². The number of carbonyl (C=O) groups is 1. The summed E-state index contributed by atoms with van der Waals surface area (Å²) in [7, 11) is 0. The largest absolute Gasteiger partial charge is 0.394 e. The molecule has 1 unspecified atom stereocenters. The number of hydrogen-bond donors (Lipinski definition) is 2. The predicted molar refractivity (Wildman–Crippen MR) is 87.2 cm³/mol. The summed E-state index contributed by atoms with van der Waals surface area (Å²) < 4.78 is 0.859. The van der Waals surface area contributed by atoms with E-state index in [0.29, 0.717) is 5.56 Å². The standard InChI is InChI=1S/C17H18BrNO2/c1-12-8-13(10-15(18)9-12)16(21)19-17(2,11-20)14-6-4-3-5-7-14/h3-10,20H,11H2,1-2H3,(H,19,21).